The first-order valence-electron chi connectivity index (χ1n) is 4.36. The summed E-state index contributed by atoms with van der Waals surface area (Å²) >= 11 is 0. The van der Waals surface area contributed by atoms with Gasteiger partial charge in [-0.1, -0.05) is 6.07 Å². The molecule has 1 unspecified atom stereocenters. The maximum absolute atomic E-state index is 11.0. The van der Waals surface area contributed by atoms with E-state index < -0.39 is 24.7 Å². The number of benzene rings is 1. The Kier molecular flexibility index (Phi) is 3.83. The molecule has 5 N–H and O–H groups in total. The number of hydrogen-bond donors (Lipinski definition) is 4. The molecule has 0 aliphatic heterocycles. The van der Waals surface area contributed by atoms with Crippen LogP contribution in [0.5, 0.6) is 5.75 Å². The number of phenolic OH excluding ortho intramolecular Hbond substituents is 1. The SMILES string of the molecule is NC([C]=O)Cc1ccc(O)c(P(=O)(O)O)c1. The van der Waals surface area contributed by atoms with Gasteiger partial charge in [-0.25, -0.2) is 0 Å². The van der Waals surface area contributed by atoms with Crippen molar-refractivity contribution >= 4 is 19.2 Å². The number of phenols is 1. The maximum Gasteiger partial charge on any atom is 0.359 e. The number of hydrogen-bond acceptors (Lipinski definition) is 4. The van der Waals surface area contributed by atoms with Gasteiger partial charge in [0.05, 0.1) is 6.04 Å². The molecule has 0 bridgehead atoms. The van der Waals surface area contributed by atoms with Gasteiger partial charge in [0.2, 0.25) is 6.29 Å². The van der Waals surface area contributed by atoms with Crippen molar-refractivity contribution in [2.24, 2.45) is 5.73 Å². The number of rotatable bonds is 4. The lowest BCUT2D eigenvalue weighted by Gasteiger charge is -2.09. The largest absolute Gasteiger partial charge is 0.507 e. The Hall–Kier alpha value is -1.20. The second-order valence-electron chi connectivity index (χ2n) is 3.30. The van der Waals surface area contributed by atoms with Crippen LogP contribution in [0.2, 0.25) is 0 Å². The molecule has 0 amide bonds. The molecule has 0 spiro atoms. The average molecular weight is 244 g/mol. The fourth-order valence-electron chi connectivity index (χ4n) is 1.22. The Morgan fingerprint density at radius 2 is 2.06 bits per heavy atom. The van der Waals surface area contributed by atoms with Crippen molar-refractivity contribution in [1.82, 2.24) is 0 Å². The molecule has 0 saturated carbocycles. The molecule has 0 fully saturated rings. The number of carbonyl (C=O) groups excluding carboxylic acids is 1. The predicted octanol–water partition coefficient (Wildman–Crippen LogP) is -0.825. The molecule has 1 atom stereocenters. The third kappa shape index (κ3) is 3.15. The van der Waals surface area contributed by atoms with Crippen molar-refractivity contribution in [3.05, 3.63) is 23.8 Å². The van der Waals surface area contributed by atoms with Gasteiger partial charge in [0.1, 0.15) is 11.1 Å². The smallest absolute Gasteiger partial charge is 0.359 e. The zero-order chi connectivity index (χ0) is 12.3. The molecular weight excluding hydrogens is 233 g/mol. The molecule has 1 aromatic rings. The highest BCUT2D eigenvalue weighted by atomic mass is 31.2. The first kappa shape index (κ1) is 12.9. The highest BCUT2D eigenvalue weighted by Gasteiger charge is 2.22. The topological polar surface area (TPSA) is 121 Å². The first-order chi connectivity index (χ1) is 7.34. The Bertz CT molecular complexity index is 442. The van der Waals surface area contributed by atoms with E-state index in [1.807, 2.05) is 0 Å². The summed E-state index contributed by atoms with van der Waals surface area (Å²) in [7, 11) is -4.52. The number of aromatic hydroxyl groups is 1. The summed E-state index contributed by atoms with van der Waals surface area (Å²) in [5.74, 6) is -0.485. The third-order valence-corrected chi connectivity index (χ3v) is 2.95. The van der Waals surface area contributed by atoms with Crippen molar-refractivity contribution in [3.63, 3.8) is 0 Å². The van der Waals surface area contributed by atoms with Gasteiger partial charge in [-0.2, -0.15) is 0 Å². The summed E-state index contributed by atoms with van der Waals surface area (Å²) in [6, 6.07) is 2.87. The summed E-state index contributed by atoms with van der Waals surface area (Å²) in [6.07, 6.45) is 1.67. The highest BCUT2D eigenvalue weighted by Crippen LogP contribution is 2.37. The van der Waals surface area contributed by atoms with E-state index in [0.29, 0.717) is 5.56 Å². The summed E-state index contributed by atoms with van der Waals surface area (Å²) in [4.78, 5) is 28.1. The second kappa shape index (κ2) is 4.76. The van der Waals surface area contributed by atoms with Crippen LogP contribution in [0.3, 0.4) is 0 Å². The van der Waals surface area contributed by atoms with Crippen molar-refractivity contribution in [2.75, 3.05) is 0 Å². The van der Waals surface area contributed by atoms with Crippen LogP contribution in [0.15, 0.2) is 18.2 Å². The second-order valence-corrected chi connectivity index (χ2v) is 4.87. The Morgan fingerprint density at radius 1 is 1.44 bits per heavy atom. The Labute approximate surface area is 91.9 Å². The van der Waals surface area contributed by atoms with Gasteiger partial charge < -0.3 is 20.6 Å². The first-order valence-corrected chi connectivity index (χ1v) is 5.97. The minimum absolute atomic E-state index is 0.108. The van der Waals surface area contributed by atoms with Crippen LogP contribution in [-0.2, 0) is 15.8 Å². The van der Waals surface area contributed by atoms with E-state index in [2.05, 4.69) is 0 Å². The zero-order valence-corrected chi connectivity index (χ0v) is 9.09. The van der Waals surface area contributed by atoms with Gasteiger partial charge >= 0.3 is 7.60 Å². The Balaban J connectivity index is 3.08. The van der Waals surface area contributed by atoms with Gasteiger partial charge in [-0.05, 0) is 24.1 Å². The van der Waals surface area contributed by atoms with Crippen LogP contribution in [0, 0.1) is 0 Å². The maximum atomic E-state index is 11.0. The standard InChI is InChI=1S/C9H11NO5P/c10-7(5-11)3-6-1-2-8(12)9(4-6)16(13,14)15/h1-2,4,7,12H,3,10H2,(H2,13,14,15). The fourth-order valence-corrected chi connectivity index (χ4v) is 1.93. The van der Waals surface area contributed by atoms with Crippen LogP contribution < -0.4 is 11.0 Å². The summed E-state index contributed by atoms with van der Waals surface area (Å²) in [6.45, 7) is 0. The van der Waals surface area contributed by atoms with E-state index in [1.165, 1.54) is 6.07 Å². The predicted molar refractivity (Wildman–Crippen MR) is 57.2 cm³/mol. The fraction of sp³-hybridized carbons (Fsp3) is 0.222. The van der Waals surface area contributed by atoms with Crippen LogP contribution in [0.1, 0.15) is 5.56 Å². The lowest BCUT2D eigenvalue weighted by Crippen LogP contribution is -2.24. The van der Waals surface area contributed by atoms with E-state index in [1.54, 1.807) is 6.29 Å². The van der Waals surface area contributed by atoms with E-state index in [0.717, 1.165) is 12.1 Å². The molecule has 16 heavy (non-hydrogen) atoms. The minimum atomic E-state index is -4.52. The summed E-state index contributed by atoms with van der Waals surface area (Å²) in [5, 5.41) is 8.79. The summed E-state index contributed by atoms with van der Waals surface area (Å²) < 4.78 is 11.0. The zero-order valence-electron chi connectivity index (χ0n) is 8.20. The molecule has 1 radical (unpaired) electrons. The van der Waals surface area contributed by atoms with Gasteiger partial charge in [-0.15, -0.1) is 0 Å². The van der Waals surface area contributed by atoms with E-state index >= 15 is 0 Å². The normalized spacial score (nSPS) is 13.4. The molecule has 0 aromatic heterocycles. The molecule has 1 rings (SSSR count). The molecule has 0 saturated heterocycles. The van der Waals surface area contributed by atoms with E-state index in [9.17, 15) is 14.5 Å². The van der Waals surface area contributed by atoms with Crippen LogP contribution >= 0.6 is 7.60 Å². The van der Waals surface area contributed by atoms with E-state index in [-0.39, 0.29) is 6.42 Å². The lowest BCUT2D eigenvalue weighted by atomic mass is 10.1. The molecule has 1 aromatic carbocycles. The van der Waals surface area contributed by atoms with Crippen LogP contribution in [0.25, 0.3) is 0 Å². The quantitative estimate of drug-likeness (QED) is 0.513. The molecule has 0 heterocycles. The van der Waals surface area contributed by atoms with Crippen molar-refractivity contribution in [1.29, 1.82) is 0 Å². The van der Waals surface area contributed by atoms with Crippen LogP contribution in [0.4, 0.5) is 0 Å². The molecular formula is C9H11NO5P. The molecule has 87 valence electrons. The average Bonchev–Trinajstić information content (AvgIpc) is 2.19. The molecule has 7 heteroatoms. The van der Waals surface area contributed by atoms with Gasteiger partial charge in [-0.3, -0.25) is 9.36 Å². The lowest BCUT2D eigenvalue weighted by molar-refractivity contribution is 0.384. The van der Waals surface area contributed by atoms with Gasteiger partial charge in [0, 0.05) is 0 Å². The molecule has 6 nitrogen and oxygen atoms in total. The van der Waals surface area contributed by atoms with Crippen LogP contribution in [-0.4, -0.2) is 27.2 Å². The van der Waals surface area contributed by atoms with Gasteiger partial charge in [0.25, 0.3) is 0 Å². The van der Waals surface area contributed by atoms with Crippen molar-refractivity contribution in [3.8, 4) is 5.75 Å². The van der Waals surface area contributed by atoms with E-state index in [4.69, 9.17) is 15.5 Å². The minimum Gasteiger partial charge on any atom is -0.507 e. The monoisotopic (exact) mass is 244 g/mol. The molecule has 0 aliphatic rings. The van der Waals surface area contributed by atoms with Crippen molar-refractivity contribution in [2.45, 2.75) is 12.5 Å². The Morgan fingerprint density at radius 3 is 2.56 bits per heavy atom. The van der Waals surface area contributed by atoms with Crippen molar-refractivity contribution < 1.29 is 24.3 Å². The number of nitrogens with two attached hydrogens (primary N) is 1. The highest BCUT2D eigenvalue weighted by molar-refractivity contribution is 7.60. The van der Waals surface area contributed by atoms with Gasteiger partial charge in [0.15, 0.2) is 0 Å². The summed E-state index contributed by atoms with van der Waals surface area (Å²) in [5.41, 5.74) is 5.77. The third-order valence-electron chi connectivity index (χ3n) is 1.96. The molecule has 0 aliphatic carbocycles.